The monoisotopic (exact) mass is 334 g/mol. The van der Waals surface area contributed by atoms with Crippen LogP contribution in [0.25, 0.3) is 11.1 Å². The van der Waals surface area contributed by atoms with Gasteiger partial charge in [-0.25, -0.2) is 13.2 Å². The second kappa shape index (κ2) is 5.47. The molecule has 1 N–H and O–H groups in total. The second-order valence-corrected chi connectivity index (χ2v) is 6.54. The summed E-state index contributed by atoms with van der Waals surface area (Å²) in [5.41, 5.74) is 1.06. The minimum absolute atomic E-state index is 0.0207. The van der Waals surface area contributed by atoms with Gasteiger partial charge in [0, 0.05) is 7.05 Å². The number of sulfonamides is 1. The lowest BCUT2D eigenvalue weighted by Crippen LogP contribution is -2.14. The van der Waals surface area contributed by atoms with Crippen LogP contribution in [0.5, 0.6) is 5.75 Å². The van der Waals surface area contributed by atoms with Crippen molar-refractivity contribution in [3.63, 3.8) is 0 Å². The number of ether oxygens (including phenoxy) is 1. The first kappa shape index (κ1) is 15.2. The fourth-order valence-corrected chi connectivity index (χ4v) is 3.30. The molecule has 2 aromatic carbocycles. The van der Waals surface area contributed by atoms with Crippen LogP contribution >= 0.6 is 0 Å². The standard InChI is InChI=1S/C15H14N2O5S/c1-17-12-9-10(7-8-14(12)22-15(17)18)23(19,20)16-11-5-3-4-6-13(11)21-2/h3-9,16H,1-2H3. The fraction of sp³-hybridized carbons (Fsp3) is 0.133. The van der Waals surface area contributed by atoms with Crippen molar-refractivity contribution in [3.8, 4) is 5.75 Å². The van der Waals surface area contributed by atoms with Gasteiger partial charge >= 0.3 is 5.76 Å². The van der Waals surface area contributed by atoms with E-state index in [0.717, 1.165) is 0 Å². The molecule has 0 aliphatic heterocycles. The lowest BCUT2D eigenvalue weighted by atomic mass is 10.3. The summed E-state index contributed by atoms with van der Waals surface area (Å²) in [6.07, 6.45) is 0. The number of anilines is 1. The molecule has 7 nitrogen and oxygen atoms in total. The molecule has 0 radical (unpaired) electrons. The number of nitrogens with zero attached hydrogens (tertiary/aromatic N) is 1. The van der Waals surface area contributed by atoms with Gasteiger partial charge in [-0.3, -0.25) is 9.29 Å². The Hall–Kier alpha value is -2.74. The third kappa shape index (κ3) is 2.68. The third-order valence-corrected chi connectivity index (χ3v) is 4.79. The van der Waals surface area contributed by atoms with E-state index in [1.807, 2.05) is 0 Å². The summed E-state index contributed by atoms with van der Waals surface area (Å²) in [5.74, 6) is -0.139. The van der Waals surface area contributed by atoms with Crippen molar-refractivity contribution in [2.75, 3.05) is 11.8 Å². The number of oxazole rings is 1. The van der Waals surface area contributed by atoms with Gasteiger partial charge in [-0.05, 0) is 30.3 Å². The van der Waals surface area contributed by atoms with E-state index in [0.29, 0.717) is 22.5 Å². The van der Waals surface area contributed by atoms with Gasteiger partial charge in [0.1, 0.15) is 5.75 Å². The van der Waals surface area contributed by atoms with Gasteiger partial charge in [-0.2, -0.15) is 0 Å². The molecule has 0 unspecified atom stereocenters. The zero-order chi connectivity index (χ0) is 16.6. The summed E-state index contributed by atoms with van der Waals surface area (Å²) in [4.78, 5) is 11.5. The minimum Gasteiger partial charge on any atom is -0.495 e. The predicted molar refractivity (Wildman–Crippen MR) is 85.3 cm³/mol. The van der Waals surface area contributed by atoms with Crippen molar-refractivity contribution in [1.82, 2.24) is 4.57 Å². The number of hydrogen-bond acceptors (Lipinski definition) is 5. The van der Waals surface area contributed by atoms with E-state index in [4.69, 9.17) is 9.15 Å². The number of benzene rings is 2. The summed E-state index contributed by atoms with van der Waals surface area (Å²) in [6, 6.07) is 10.9. The smallest absolute Gasteiger partial charge is 0.419 e. The van der Waals surface area contributed by atoms with Crippen LogP contribution in [0.3, 0.4) is 0 Å². The third-order valence-electron chi connectivity index (χ3n) is 3.42. The lowest BCUT2D eigenvalue weighted by molar-refractivity contribution is 0.417. The van der Waals surface area contributed by atoms with Crippen LogP contribution < -0.4 is 15.2 Å². The Labute approximate surface area is 132 Å². The van der Waals surface area contributed by atoms with Crippen molar-refractivity contribution < 1.29 is 17.6 Å². The first-order chi connectivity index (χ1) is 10.9. The lowest BCUT2D eigenvalue weighted by Gasteiger charge is -2.11. The Morgan fingerprint density at radius 3 is 2.65 bits per heavy atom. The van der Waals surface area contributed by atoms with E-state index in [2.05, 4.69) is 4.72 Å². The molecule has 8 heteroatoms. The first-order valence-corrected chi connectivity index (χ1v) is 8.16. The number of methoxy groups -OCH3 is 1. The molecule has 1 heterocycles. The summed E-state index contributed by atoms with van der Waals surface area (Å²) in [6.45, 7) is 0. The highest BCUT2D eigenvalue weighted by atomic mass is 32.2. The van der Waals surface area contributed by atoms with E-state index in [-0.39, 0.29) is 4.90 Å². The average molecular weight is 334 g/mol. The number of fused-ring (bicyclic) bond motifs is 1. The maximum atomic E-state index is 12.5. The van der Waals surface area contributed by atoms with Crippen molar-refractivity contribution in [3.05, 3.63) is 53.0 Å². The van der Waals surface area contributed by atoms with Crippen LogP contribution in [0.1, 0.15) is 0 Å². The molecule has 0 saturated heterocycles. The predicted octanol–water partition coefficient (Wildman–Crippen LogP) is 1.94. The molecule has 0 fully saturated rings. The van der Waals surface area contributed by atoms with Gasteiger partial charge in [0.05, 0.1) is 23.2 Å². The van der Waals surface area contributed by atoms with Crippen molar-refractivity contribution in [2.24, 2.45) is 7.05 Å². The van der Waals surface area contributed by atoms with Crippen LogP contribution in [0, 0.1) is 0 Å². The molecule has 120 valence electrons. The van der Waals surface area contributed by atoms with E-state index in [1.165, 1.54) is 36.9 Å². The van der Waals surface area contributed by atoms with Crippen molar-refractivity contribution in [2.45, 2.75) is 4.90 Å². The molecule has 0 saturated carbocycles. The van der Waals surface area contributed by atoms with Crippen LogP contribution in [0.4, 0.5) is 5.69 Å². The van der Waals surface area contributed by atoms with E-state index >= 15 is 0 Å². The van der Waals surface area contributed by atoms with Crippen molar-refractivity contribution >= 4 is 26.8 Å². The van der Waals surface area contributed by atoms with Gasteiger partial charge in [0.2, 0.25) is 0 Å². The number of aryl methyl sites for hydroxylation is 1. The Balaban J connectivity index is 2.06. The Morgan fingerprint density at radius 2 is 1.91 bits per heavy atom. The summed E-state index contributed by atoms with van der Waals surface area (Å²) >= 11 is 0. The van der Waals surface area contributed by atoms with E-state index < -0.39 is 15.8 Å². The highest BCUT2D eigenvalue weighted by Gasteiger charge is 2.18. The Morgan fingerprint density at radius 1 is 1.17 bits per heavy atom. The maximum absolute atomic E-state index is 12.5. The molecule has 3 aromatic rings. The number of rotatable bonds is 4. The minimum atomic E-state index is -3.83. The van der Waals surface area contributed by atoms with Gasteiger partial charge in [-0.1, -0.05) is 12.1 Å². The molecule has 0 spiro atoms. The topological polar surface area (TPSA) is 90.5 Å². The second-order valence-electron chi connectivity index (χ2n) is 4.86. The quantitative estimate of drug-likeness (QED) is 0.787. The molecule has 3 rings (SSSR count). The highest BCUT2D eigenvalue weighted by Crippen LogP contribution is 2.27. The molecule has 0 amide bonds. The zero-order valence-corrected chi connectivity index (χ0v) is 13.3. The largest absolute Gasteiger partial charge is 0.495 e. The molecular weight excluding hydrogens is 320 g/mol. The van der Waals surface area contributed by atoms with Crippen LogP contribution in [-0.4, -0.2) is 20.1 Å². The fourth-order valence-electron chi connectivity index (χ4n) is 2.21. The van der Waals surface area contributed by atoms with Crippen LogP contribution in [0.2, 0.25) is 0 Å². The van der Waals surface area contributed by atoms with Gasteiger partial charge in [0.25, 0.3) is 10.0 Å². The molecular formula is C15H14N2O5S. The first-order valence-electron chi connectivity index (χ1n) is 6.68. The molecule has 0 atom stereocenters. The van der Waals surface area contributed by atoms with Crippen molar-refractivity contribution in [1.29, 1.82) is 0 Å². The molecule has 1 aromatic heterocycles. The number of hydrogen-bond donors (Lipinski definition) is 1. The highest BCUT2D eigenvalue weighted by molar-refractivity contribution is 7.92. The summed E-state index contributed by atoms with van der Waals surface area (Å²) < 4.78 is 38.9. The maximum Gasteiger partial charge on any atom is 0.419 e. The van der Waals surface area contributed by atoms with Gasteiger partial charge < -0.3 is 9.15 Å². The van der Waals surface area contributed by atoms with E-state index in [9.17, 15) is 13.2 Å². The summed E-state index contributed by atoms with van der Waals surface area (Å²) in [7, 11) is -0.861. The number of aromatic nitrogens is 1. The van der Waals surface area contributed by atoms with Gasteiger partial charge in [-0.15, -0.1) is 0 Å². The Kier molecular flexibility index (Phi) is 3.61. The number of para-hydroxylation sites is 2. The van der Waals surface area contributed by atoms with Gasteiger partial charge in [0.15, 0.2) is 5.58 Å². The van der Waals surface area contributed by atoms with Crippen LogP contribution in [-0.2, 0) is 17.1 Å². The van der Waals surface area contributed by atoms with Crippen LogP contribution in [0.15, 0.2) is 56.6 Å². The Bertz CT molecular complexity index is 1030. The molecule has 0 bridgehead atoms. The summed E-state index contributed by atoms with van der Waals surface area (Å²) in [5, 5.41) is 0. The zero-order valence-electron chi connectivity index (χ0n) is 12.4. The normalized spacial score (nSPS) is 11.6. The van der Waals surface area contributed by atoms with E-state index in [1.54, 1.807) is 24.3 Å². The SMILES string of the molecule is COc1ccccc1NS(=O)(=O)c1ccc2oc(=O)n(C)c2c1. The molecule has 23 heavy (non-hydrogen) atoms. The average Bonchev–Trinajstić information content (AvgIpc) is 2.82. The molecule has 0 aliphatic carbocycles. The molecule has 0 aliphatic rings. The number of nitrogens with one attached hydrogen (secondary N) is 1.